The minimum atomic E-state index is 0.554. The van der Waals surface area contributed by atoms with E-state index in [4.69, 9.17) is 0 Å². The number of benzene rings is 1. The predicted molar refractivity (Wildman–Crippen MR) is 65.4 cm³/mol. The summed E-state index contributed by atoms with van der Waals surface area (Å²) in [4.78, 5) is 0. The summed E-state index contributed by atoms with van der Waals surface area (Å²) >= 11 is 0. The van der Waals surface area contributed by atoms with E-state index in [2.05, 4.69) is 47.6 Å². The molecule has 0 spiro atoms. The van der Waals surface area contributed by atoms with Crippen molar-refractivity contribution in [2.45, 2.75) is 26.3 Å². The highest BCUT2D eigenvalue weighted by atomic mass is 15.1. The standard InChI is InChI=1S/C13H15N3/c1-8(2)9-3-4-12-11(5-9)13-10(6-14-12)7-15-16-13/h3-5,7-8,14H,6H2,1-2H3,(H,15,16). The second-order valence-corrected chi connectivity index (χ2v) is 4.58. The highest BCUT2D eigenvalue weighted by molar-refractivity contribution is 5.80. The first-order valence-electron chi connectivity index (χ1n) is 5.66. The lowest BCUT2D eigenvalue weighted by molar-refractivity contribution is 0.866. The Bertz CT molecular complexity index is 526. The Hall–Kier alpha value is -1.77. The second kappa shape index (κ2) is 3.37. The molecule has 2 aromatic rings. The van der Waals surface area contributed by atoms with Crippen molar-refractivity contribution >= 4 is 5.69 Å². The Morgan fingerprint density at radius 1 is 1.31 bits per heavy atom. The number of H-pyrrole nitrogens is 1. The lowest BCUT2D eigenvalue weighted by Crippen LogP contribution is -2.07. The van der Waals surface area contributed by atoms with Crippen LogP contribution in [0.15, 0.2) is 24.4 Å². The van der Waals surface area contributed by atoms with Gasteiger partial charge in [-0.2, -0.15) is 5.10 Å². The van der Waals surface area contributed by atoms with Crippen molar-refractivity contribution < 1.29 is 0 Å². The van der Waals surface area contributed by atoms with Gasteiger partial charge in [0, 0.05) is 23.4 Å². The summed E-state index contributed by atoms with van der Waals surface area (Å²) in [5.41, 5.74) is 6.21. The summed E-state index contributed by atoms with van der Waals surface area (Å²) in [6.07, 6.45) is 1.90. The van der Waals surface area contributed by atoms with Crippen LogP contribution in [0.2, 0.25) is 0 Å². The minimum absolute atomic E-state index is 0.554. The highest BCUT2D eigenvalue weighted by Gasteiger charge is 2.17. The van der Waals surface area contributed by atoms with E-state index in [9.17, 15) is 0 Å². The third kappa shape index (κ3) is 1.32. The largest absolute Gasteiger partial charge is 0.380 e. The van der Waals surface area contributed by atoms with Gasteiger partial charge in [0.05, 0.1) is 11.9 Å². The lowest BCUT2D eigenvalue weighted by Gasteiger charge is -2.19. The molecule has 82 valence electrons. The fourth-order valence-corrected chi connectivity index (χ4v) is 2.15. The summed E-state index contributed by atoms with van der Waals surface area (Å²) in [5.74, 6) is 0.554. The zero-order valence-corrected chi connectivity index (χ0v) is 9.54. The molecule has 1 aromatic heterocycles. The molecule has 0 bridgehead atoms. The van der Waals surface area contributed by atoms with E-state index in [1.54, 1.807) is 0 Å². The van der Waals surface area contributed by atoms with Gasteiger partial charge in [0.25, 0.3) is 0 Å². The van der Waals surface area contributed by atoms with E-state index >= 15 is 0 Å². The molecule has 3 heteroatoms. The van der Waals surface area contributed by atoms with Gasteiger partial charge in [0.2, 0.25) is 0 Å². The molecule has 3 rings (SSSR count). The van der Waals surface area contributed by atoms with Gasteiger partial charge >= 0.3 is 0 Å². The lowest BCUT2D eigenvalue weighted by atomic mass is 9.95. The fourth-order valence-electron chi connectivity index (χ4n) is 2.15. The SMILES string of the molecule is CC(C)c1ccc2c(c1)-c1[nH]ncc1CN2. The van der Waals surface area contributed by atoms with Crippen LogP contribution in [0, 0.1) is 0 Å². The molecule has 3 nitrogen and oxygen atoms in total. The monoisotopic (exact) mass is 213 g/mol. The van der Waals surface area contributed by atoms with Gasteiger partial charge in [0.1, 0.15) is 0 Å². The molecule has 1 aliphatic heterocycles. The van der Waals surface area contributed by atoms with Gasteiger partial charge in [-0.3, -0.25) is 5.10 Å². The van der Waals surface area contributed by atoms with Crippen molar-refractivity contribution in [2.75, 3.05) is 5.32 Å². The molecular formula is C13H15N3. The second-order valence-electron chi connectivity index (χ2n) is 4.58. The highest BCUT2D eigenvalue weighted by Crippen LogP contribution is 2.35. The van der Waals surface area contributed by atoms with Crippen LogP contribution in [0.5, 0.6) is 0 Å². The summed E-state index contributed by atoms with van der Waals surface area (Å²) in [5, 5.41) is 10.6. The van der Waals surface area contributed by atoms with Gasteiger partial charge in [-0.1, -0.05) is 19.9 Å². The fraction of sp³-hybridized carbons (Fsp3) is 0.308. The molecule has 16 heavy (non-hydrogen) atoms. The third-order valence-electron chi connectivity index (χ3n) is 3.17. The Morgan fingerprint density at radius 3 is 3.00 bits per heavy atom. The maximum absolute atomic E-state index is 4.11. The predicted octanol–water partition coefficient (Wildman–Crippen LogP) is 3.13. The van der Waals surface area contributed by atoms with E-state index in [1.165, 1.54) is 22.4 Å². The first kappa shape index (κ1) is 9.46. The van der Waals surface area contributed by atoms with Gasteiger partial charge < -0.3 is 5.32 Å². The molecule has 0 amide bonds. The van der Waals surface area contributed by atoms with E-state index in [-0.39, 0.29) is 0 Å². The molecule has 2 heterocycles. The van der Waals surface area contributed by atoms with Crippen LogP contribution in [0.25, 0.3) is 11.3 Å². The number of nitrogens with one attached hydrogen (secondary N) is 2. The smallest absolute Gasteiger partial charge is 0.0720 e. The molecule has 0 atom stereocenters. The zero-order chi connectivity index (χ0) is 11.1. The van der Waals surface area contributed by atoms with Crippen molar-refractivity contribution in [3.63, 3.8) is 0 Å². The molecule has 2 N–H and O–H groups in total. The summed E-state index contributed by atoms with van der Waals surface area (Å²) in [6, 6.07) is 6.61. The van der Waals surface area contributed by atoms with Crippen LogP contribution in [0.3, 0.4) is 0 Å². The normalized spacial score (nSPS) is 13.2. The van der Waals surface area contributed by atoms with Crippen LogP contribution < -0.4 is 5.32 Å². The molecular weight excluding hydrogens is 198 g/mol. The number of nitrogens with zero attached hydrogens (tertiary/aromatic N) is 1. The number of rotatable bonds is 1. The van der Waals surface area contributed by atoms with Crippen LogP contribution in [-0.4, -0.2) is 10.2 Å². The maximum atomic E-state index is 4.11. The molecule has 0 saturated carbocycles. The number of hydrogen-bond donors (Lipinski definition) is 2. The molecule has 0 radical (unpaired) electrons. The average molecular weight is 213 g/mol. The molecule has 0 unspecified atom stereocenters. The Balaban J connectivity index is 2.18. The van der Waals surface area contributed by atoms with E-state index in [0.29, 0.717) is 5.92 Å². The summed E-state index contributed by atoms with van der Waals surface area (Å²) in [6.45, 7) is 5.29. The summed E-state index contributed by atoms with van der Waals surface area (Å²) in [7, 11) is 0. The number of aromatic nitrogens is 2. The Kier molecular flexibility index (Phi) is 1.99. The van der Waals surface area contributed by atoms with Gasteiger partial charge in [-0.05, 0) is 23.6 Å². The third-order valence-corrected chi connectivity index (χ3v) is 3.17. The van der Waals surface area contributed by atoms with E-state index in [1.807, 2.05) is 6.20 Å². The Morgan fingerprint density at radius 2 is 2.19 bits per heavy atom. The maximum Gasteiger partial charge on any atom is 0.0720 e. The van der Waals surface area contributed by atoms with Gasteiger partial charge in [0.15, 0.2) is 0 Å². The molecule has 1 aliphatic rings. The first-order valence-corrected chi connectivity index (χ1v) is 5.66. The number of fused-ring (bicyclic) bond motifs is 3. The van der Waals surface area contributed by atoms with Crippen molar-refractivity contribution in [1.29, 1.82) is 0 Å². The van der Waals surface area contributed by atoms with Crippen LogP contribution in [0.4, 0.5) is 5.69 Å². The van der Waals surface area contributed by atoms with Crippen molar-refractivity contribution in [1.82, 2.24) is 10.2 Å². The van der Waals surface area contributed by atoms with Crippen LogP contribution >= 0.6 is 0 Å². The van der Waals surface area contributed by atoms with Gasteiger partial charge in [-0.15, -0.1) is 0 Å². The Labute approximate surface area is 94.9 Å². The van der Waals surface area contributed by atoms with Crippen molar-refractivity contribution in [3.8, 4) is 11.3 Å². The molecule has 0 aliphatic carbocycles. The average Bonchev–Trinajstić information content (AvgIpc) is 2.76. The molecule has 0 fully saturated rings. The van der Waals surface area contributed by atoms with Crippen molar-refractivity contribution in [3.05, 3.63) is 35.5 Å². The van der Waals surface area contributed by atoms with Crippen molar-refractivity contribution in [2.24, 2.45) is 0 Å². The quantitative estimate of drug-likeness (QED) is 0.764. The molecule has 0 saturated heterocycles. The number of hydrogen-bond acceptors (Lipinski definition) is 2. The topological polar surface area (TPSA) is 40.7 Å². The summed E-state index contributed by atoms with van der Waals surface area (Å²) < 4.78 is 0. The van der Waals surface area contributed by atoms with Crippen LogP contribution in [-0.2, 0) is 6.54 Å². The number of aromatic amines is 1. The number of anilines is 1. The van der Waals surface area contributed by atoms with E-state index < -0.39 is 0 Å². The van der Waals surface area contributed by atoms with Gasteiger partial charge in [-0.25, -0.2) is 0 Å². The van der Waals surface area contributed by atoms with E-state index in [0.717, 1.165) is 12.2 Å². The first-order chi connectivity index (χ1) is 7.75. The zero-order valence-electron chi connectivity index (χ0n) is 9.54. The van der Waals surface area contributed by atoms with Crippen LogP contribution in [0.1, 0.15) is 30.9 Å². The minimum Gasteiger partial charge on any atom is -0.380 e. The molecule has 1 aromatic carbocycles.